The molecule has 1 rings (SSSR count). The summed E-state index contributed by atoms with van der Waals surface area (Å²) >= 11 is 6.08. The van der Waals surface area contributed by atoms with Gasteiger partial charge in [-0.25, -0.2) is 0 Å². The monoisotopic (exact) mass is 369 g/mol. The molecular weight excluding hydrogens is 342 g/mol. The van der Waals surface area contributed by atoms with Crippen molar-refractivity contribution in [1.29, 1.82) is 0 Å². The molecule has 0 fully saturated rings. The van der Waals surface area contributed by atoms with Gasteiger partial charge in [0.2, 0.25) is 11.8 Å². The van der Waals surface area contributed by atoms with Crippen LogP contribution in [0.1, 0.15) is 33.3 Å². The number of carbonyl (C=O) groups excluding carboxylic acids is 2. The molecule has 1 aromatic carbocycles. The molecule has 2 amide bonds. The highest BCUT2D eigenvalue weighted by atomic mass is 35.5. The van der Waals surface area contributed by atoms with E-state index in [1.165, 1.54) is 7.11 Å². The maximum Gasteiger partial charge on any atom is 0.241 e. The summed E-state index contributed by atoms with van der Waals surface area (Å²) in [5.41, 5.74) is 1.08. The number of benzene rings is 1. The number of anilines is 1. The molecule has 0 bridgehead atoms. The number of rotatable bonds is 6. The number of carbonyl (C=O) groups is 2. The molecule has 0 aliphatic rings. The summed E-state index contributed by atoms with van der Waals surface area (Å²) in [4.78, 5) is 26.2. The van der Waals surface area contributed by atoms with Crippen molar-refractivity contribution >= 4 is 29.1 Å². The van der Waals surface area contributed by atoms with Crippen LogP contribution in [0.2, 0.25) is 5.02 Å². The molecule has 0 heterocycles. The van der Waals surface area contributed by atoms with Crippen molar-refractivity contribution in [3.8, 4) is 5.75 Å². The summed E-state index contributed by atoms with van der Waals surface area (Å²) in [6.07, 6.45) is 0. The Morgan fingerprint density at radius 2 is 1.92 bits per heavy atom. The Morgan fingerprint density at radius 3 is 2.44 bits per heavy atom. The fourth-order valence-corrected chi connectivity index (χ4v) is 2.34. The molecule has 0 aliphatic heterocycles. The van der Waals surface area contributed by atoms with E-state index in [4.69, 9.17) is 16.3 Å². The molecule has 140 valence electrons. The Bertz CT molecular complexity index is 641. The van der Waals surface area contributed by atoms with Gasteiger partial charge in [-0.15, -0.1) is 0 Å². The standard InChI is InChI=1S/C18H28ClN3O3/c1-11-8-14(15(25-7)9-13(11)19)20-17(24)12(2)22(6)10-16(23)21-18(3,4)5/h8-9,12H,10H2,1-7H3,(H,20,24)(H,21,23). The van der Waals surface area contributed by atoms with Crippen LogP contribution in [0.4, 0.5) is 5.69 Å². The van der Waals surface area contributed by atoms with Crippen LogP contribution in [0, 0.1) is 6.92 Å². The summed E-state index contributed by atoms with van der Waals surface area (Å²) in [5.74, 6) is 0.130. The van der Waals surface area contributed by atoms with Gasteiger partial charge in [0.25, 0.3) is 0 Å². The highest BCUT2D eigenvalue weighted by molar-refractivity contribution is 6.31. The van der Waals surface area contributed by atoms with E-state index in [0.29, 0.717) is 16.5 Å². The van der Waals surface area contributed by atoms with Gasteiger partial charge in [0.05, 0.1) is 25.4 Å². The van der Waals surface area contributed by atoms with Crippen LogP contribution < -0.4 is 15.4 Å². The molecule has 0 saturated heterocycles. The predicted octanol–water partition coefficient (Wildman–Crippen LogP) is 2.83. The molecule has 6 nitrogen and oxygen atoms in total. The second-order valence-electron chi connectivity index (χ2n) is 7.18. The van der Waals surface area contributed by atoms with E-state index in [-0.39, 0.29) is 23.9 Å². The quantitative estimate of drug-likeness (QED) is 0.808. The van der Waals surface area contributed by atoms with Gasteiger partial charge in [0.1, 0.15) is 5.75 Å². The minimum atomic E-state index is -0.494. The van der Waals surface area contributed by atoms with Crippen molar-refractivity contribution in [2.45, 2.75) is 46.2 Å². The molecule has 0 aliphatic carbocycles. The van der Waals surface area contributed by atoms with Crippen LogP contribution in [0.15, 0.2) is 12.1 Å². The van der Waals surface area contributed by atoms with Gasteiger partial charge in [-0.3, -0.25) is 14.5 Å². The number of aryl methyl sites for hydroxylation is 1. The highest BCUT2D eigenvalue weighted by Crippen LogP contribution is 2.31. The van der Waals surface area contributed by atoms with Gasteiger partial charge in [-0.1, -0.05) is 11.6 Å². The SMILES string of the molecule is COc1cc(Cl)c(C)cc1NC(=O)C(C)N(C)CC(=O)NC(C)(C)C. The zero-order valence-electron chi connectivity index (χ0n) is 16.0. The lowest BCUT2D eigenvalue weighted by Crippen LogP contribution is -2.49. The summed E-state index contributed by atoms with van der Waals surface area (Å²) in [7, 11) is 3.25. The number of methoxy groups -OCH3 is 1. The molecule has 25 heavy (non-hydrogen) atoms. The number of nitrogens with zero attached hydrogens (tertiary/aromatic N) is 1. The summed E-state index contributed by atoms with van der Waals surface area (Å²) in [6.45, 7) is 9.46. The number of amides is 2. The topological polar surface area (TPSA) is 70.7 Å². The molecule has 0 saturated carbocycles. The zero-order chi connectivity index (χ0) is 19.4. The Morgan fingerprint density at radius 1 is 1.32 bits per heavy atom. The van der Waals surface area contributed by atoms with Crippen LogP contribution in [-0.4, -0.2) is 49.0 Å². The third kappa shape index (κ3) is 6.55. The maximum atomic E-state index is 12.5. The van der Waals surface area contributed by atoms with Gasteiger partial charge in [0, 0.05) is 16.6 Å². The first-order valence-electron chi connectivity index (χ1n) is 8.11. The van der Waals surface area contributed by atoms with Crippen molar-refractivity contribution in [2.24, 2.45) is 0 Å². The molecule has 1 unspecified atom stereocenters. The third-order valence-corrected chi connectivity index (χ3v) is 4.09. The Kier molecular flexibility index (Phi) is 7.26. The van der Waals surface area contributed by atoms with E-state index in [1.807, 2.05) is 27.7 Å². The van der Waals surface area contributed by atoms with Crippen LogP contribution >= 0.6 is 11.6 Å². The largest absolute Gasteiger partial charge is 0.495 e. The van der Waals surface area contributed by atoms with E-state index in [1.54, 1.807) is 31.0 Å². The first kappa shape index (κ1) is 21.3. The molecule has 2 N–H and O–H groups in total. The average molecular weight is 370 g/mol. The second-order valence-corrected chi connectivity index (χ2v) is 7.59. The molecular formula is C18H28ClN3O3. The Balaban J connectivity index is 2.77. The van der Waals surface area contributed by atoms with Gasteiger partial charge in [-0.2, -0.15) is 0 Å². The fourth-order valence-electron chi connectivity index (χ4n) is 2.19. The summed E-state index contributed by atoms with van der Waals surface area (Å²) in [6, 6.07) is 2.93. The summed E-state index contributed by atoms with van der Waals surface area (Å²) < 4.78 is 5.26. The van der Waals surface area contributed by atoms with Crippen LogP contribution in [-0.2, 0) is 9.59 Å². The van der Waals surface area contributed by atoms with E-state index < -0.39 is 6.04 Å². The molecule has 1 aromatic rings. The number of likely N-dealkylation sites (N-methyl/N-ethyl adjacent to an activating group) is 1. The zero-order valence-corrected chi connectivity index (χ0v) is 16.7. The highest BCUT2D eigenvalue weighted by Gasteiger charge is 2.23. The van der Waals surface area contributed by atoms with Crippen molar-refractivity contribution in [1.82, 2.24) is 10.2 Å². The van der Waals surface area contributed by atoms with E-state index in [2.05, 4.69) is 10.6 Å². The lowest BCUT2D eigenvalue weighted by Gasteiger charge is -2.26. The average Bonchev–Trinajstić information content (AvgIpc) is 2.47. The van der Waals surface area contributed by atoms with Crippen molar-refractivity contribution < 1.29 is 14.3 Å². The van der Waals surface area contributed by atoms with Crippen molar-refractivity contribution in [3.05, 3.63) is 22.7 Å². The normalized spacial score (nSPS) is 12.7. The van der Waals surface area contributed by atoms with Crippen LogP contribution in [0.25, 0.3) is 0 Å². The first-order chi connectivity index (χ1) is 11.4. The lowest BCUT2D eigenvalue weighted by atomic mass is 10.1. The van der Waals surface area contributed by atoms with Gasteiger partial charge in [0.15, 0.2) is 0 Å². The lowest BCUT2D eigenvalue weighted by molar-refractivity contribution is -0.125. The first-order valence-corrected chi connectivity index (χ1v) is 8.48. The minimum Gasteiger partial charge on any atom is -0.495 e. The number of hydrogen-bond acceptors (Lipinski definition) is 4. The molecule has 0 aromatic heterocycles. The van der Waals surface area contributed by atoms with Gasteiger partial charge in [-0.05, 0) is 53.3 Å². The Labute approximate surface area is 154 Å². The number of nitrogens with one attached hydrogen (secondary N) is 2. The minimum absolute atomic E-state index is 0.128. The fraction of sp³-hybridized carbons (Fsp3) is 0.556. The van der Waals surface area contributed by atoms with E-state index >= 15 is 0 Å². The van der Waals surface area contributed by atoms with Crippen LogP contribution in [0.5, 0.6) is 5.75 Å². The van der Waals surface area contributed by atoms with Gasteiger partial charge >= 0.3 is 0 Å². The molecule has 0 spiro atoms. The van der Waals surface area contributed by atoms with E-state index in [0.717, 1.165) is 5.56 Å². The van der Waals surface area contributed by atoms with Crippen molar-refractivity contribution in [3.63, 3.8) is 0 Å². The Hall–Kier alpha value is -1.79. The van der Waals surface area contributed by atoms with E-state index in [9.17, 15) is 9.59 Å². The maximum absolute atomic E-state index is 12.5. The predicted molar refractivity (Wildman–Crippen MR) is 101 cm³/mol. The summed E-state index contributed by atoms with van der Waals surface area (Å²) in [5, 5.41) is 6.28. The van der Waals surface area contributed by atoms with Gasteiger partial charge < -0.3 is 15.4 Å². The number of halogens is 1. The number of ether oxygens (including phenoxy) is 1. The molecule has 7 heteroatoms. The third-order valence-electron chi connectivity index (χ3n) is 3.69. The second kappa shape index (κ2) is 8.54. The van der Waals surface area contributed by atoms with Crippen LogP contribution in [0.3, 0.4) is 0 Å². The molecule has 1 atom stereocenters. The molecule has 0 radical (unpaired) electrons. The number of hydrogen-bond donors (Lipinski definition) is 2. The van der Waals surface area contributed by atoms with Crippen molar-refractivity contribution in [2.75, 3.05) is 26.0 Å². The smallest absolute Gasteiger partial charge is 0.241 e.